The SMILES string of the molecule is CCCc1ccc(-c2cc(CCN)nn2C)cc1. The summed E-state index contributed by atoms with van der Waals surface area (Å²) in [4.78, 5) is 0. The molecule has 0 bridgehead atoms. The van der Waals surface area contributed by atoms with Crippen LogP contribution in [0.1, 0.15) is 24.6 Å². The highest BCUT2D eigenvalue weighted by Gasteiger charge is 2.06. The molecule has 0 unspecified atom stereocenters. The van der Waals surface area contributed by atoms with Gasteiger partial charge in [0.1, 0.15) is 0 Å². The largest absolute Gasteiger partial charge is 0.330 e. The maximum atomic E-state index is 5.56. The fourth-order valence-electron chi connectivity index (χ4n) is 2.20. The zero-order valence-corrected chi connectivity index (χ0v) is 11.2. The van der Waals surface area contributed by atoms with Crippen molar-refractivity contribution in [3.05, 3.63) is 41.6 Å². The molecule has 0 saturated carbocycles. The number of nitrogens with zero attached hydrogens (tertiary/aromatic N) is 2. The Kier molecular flexibility index (Phi) is 4.15. The van der Waals surface area contributed by atoms with E-state index in [2.05, 4.69) is 42.4 Å². The van der Waals surface area contributed by atoms with E-state index < -0.39 is 0 Å². The first kappa shape index (κ1) is 12.8. The van der Waals surface area contributed by atoms with Crippen LogP contribution in [-0.4, -0.2) is 16.3 Å². The van der Waals surface area contributed by atoms with Gasteiger partial charge in [0.2, 0.25) is 0 Å². The summed E-state index contributed by atoms with van der Waals surface area (Å²) in [6.07, 6.45) is 3.16. The van der Waals surface area contributed by atoms with Crippen LogP contribution < -0.4 is 5.73 Å². The summed E-state index contributed by atoms with van der Waals surface area (Å²) in [7, 11) is 1.98. The molecule has 0 fully saturated rings. The molecule has 1 aromatic carbocycles. The monoisotopic (exact) mass is 243 g/mol. The number of aromatic nitrogens is 2. The Morgan fingerprint density at radius 2 is 1.89 bits per heavy atom. The molecule has 3 heteroatoms. The van der Waals surface area contributed by atoms with E-state index in [0.717, 1.165) is 24.2 Å². The maximum Gasteiger partial charge on any atom is 0.0681 e. The fourth-order valence-corrected chi connectivity index (χ4v) is 2.20. The Hall–Kier alpha value is -1.61. The predicted molar refractivity (Wildman–Crippen MR) is 75.4 cm³/mol. The quantitative estimate of drug-likeness (QED) is 0.877. The van der Waals surface area contributed by atoms with E-state index in [1.165, 1.54) is 17.5 Å². The minimum atomic E-state index is 0.645. The molecule has 0 amide bonds. The standard InChI is InChI=1S/C15H21N3/c1-3-4-12-5-7-13(8-6-12)15-11-14(9-10-16)17-18(15)2/h5-8,11H,3-4,9-10,16H2,1-2H3. The molecule has 1 heterocycles. The van der Waals surface area contributed by atoms with Crippen LogP contribution in [0.4, 0.5) is 0 Å². The number of aryl methyl sites for hydroxylation is 2. The Morgan fingerprint density at radius 1 is 1.17 bits per heavy atom. The smallest absolute Gasteiger partial charge is 0.0681 e. The first-order valence-corrected chi connectivity index (χ1v) is 6.57. The van der Waals surface area contributed by atoms with Gasteiger partial charge in [-0.1, -0.05) is 37.6 Å². The van der Waals surface area contributed by atoms with E-state index in [9.17, 15) is 0 Å². The molecule has 2 N–H and O–H groups in total. The molecule has 1 aromatic heterocycles. The average molecular weight is 243 g/mol. The van der Waals surface area contributed by atoms with Gasteiger partial charge in [-0.15, -0.1) is 0 Å². The van der Waals surface area contributed by atoms with Gasteiger partial charge in [-0.3, -0.25) is 4.68 Å². The van der Waals surface area contributed by atoms with Crippen molar-refractivity contribution < 1.29 is 0 Å². The summed E-state index contributed by atoms with van der Waals surface area (Å²) >= 11 is 0. The summed E-state index contributed by atoms with van der Waals surface area (Å²) in [5, 5.41) is 4.47. The lowest BCUT2D eigenvalue weighted by Gasteiger charge is -2.03. The molecule has 3 nitrogen and oxygen atoms in total. The van der Waals surface area contributed by atoms with E-state index >= 15 is 0 Å². The topological polar surface area (TPSA) is 43.8 Å². The van der Waals surface area contributed by atoms with Crippen molar-refractivity contribution in [2.24, 2.45) is 12.8 Å². The second-order valence-electron chi connectivity index (χ2n) is 4.63. The van der Waals surface area contributed by atoms with E-state index in [4.69, 9.17) is 5.73 Å². The van der Waals surface area contributed by atoms with Gasteiger partial charge in [0.05, 0.1) is 11.4 Å². The van der Waals surface area contributed by atoms with Crippen molar-refractivity contribution in [2.75, 3.05) is 6.54 Å². The van der Waals surface area contributed by atoms with Crippen molar-refractivity contribution in [1.82, 2.24) is 9.78 Å². The minimum Gasteiger partial charge on any atom is -0.330 e. The van der Waals surface area contributed by atoms with Gasteiger partial charge >= 0.3 is 0 Å². The van der Waals surface area contributed by atoms with Crippen molar-refractivity contribution >= 4 is 0 Å². The summed E-state index contributed by atoms with van der Waals surface area (Å²) in [5.41, 5.74) is 10.4. The van der Waals surface area contributed by atoms with Crippen LogP contribution >= 0.6 is 0 Å². The number of rotatable bonds is 5. The lowest BCUT2D eigenvalue weighted by atomic mass is 10.1. The van der Waals surface area contributed by atoms with Crippen LogP contribution in [0.25, 0.3) is 11.3 Å². The van der Waals surface area contributed by atoms with E-state index in [0.29, 0.717) is 6.54 Å². The van der Waals surface area contributed by atoms with Crippen molar-refractivity contribution in [3.63, 3.8) is 0 Å². The average Bonchev–Trinajstić information content (AvgIpc) is 2.72. The normalized spacial score (nSPS) is 10.8. The molecule has 0 saturated heterocycles. The lowest BCUT2D eigenvalue weighted by molar-refractivity contribution is 0.745. The third-order valence-electron chi connectivity index (χ3n) is 3.12. The summed E-state index contributed by atoms with van der Waals surface area (Å²) in [6.45, 7) is 2.85. The van der Waals surface area contributed by atoms with E-state index in [1.807, 2.05) is 11.7 Å². The molecule has 0 atom stereocenters. The fraction of sp³-hybridized carbons (Fsp3) is 0.400. The van der Waals surface area contributed by atoms with Gasteiger partial charge in [0.25, 0.3) is 0 Å². The van der Waals surface area contributed by atoms with E-state index in [-0.39, 0.29) is 0 Å². The predicted octanol–water partition coefficient (Wildman–Crippen LogP) is 2.54. The molecule has 0 aliphatic rings. The van der Waals surface area contributed by atoms with Gasteiger partial charge in [0, 0.05) is 13.5 Å². The molecule has 0 aliphatic heterocycles. The zero-order valence-electron chi connectivity index (χ0n) is 11.2. The highest BCUT2D eigenvalue weighted by atomic mass is 15.3. The highest BCUT2D eigenvalue weighted by Crippen LogP contribution is 2.21. The molecule has 0 spiro atoms. The zero-order chi connectivity index (χ0) is 13.0. The third-order valence-corrected chi connectivity index (χ3v) is 3.12. The van der Waals surface area contributed by atoms with Crippen LogP contribution in [0.2, 0.25) is 0 Å². The van der Waals surface area contributed by atoms with Crippen LogP contribution in [0, 0.1) is 0 Å². The first-order valence-electron chi connectivity index (χ1n) is 6.57. The second kappa shape index (κ2) is 5.83. The summed E-state index contributed by atoms with van der Waals surface area (Å²) in [6, 6.07) is 10.9. The van der Waals surface area contributed by atoms with Gasteiger partial charge in [-0.25, -0.2) is 0 Å². The van der Waals surface area contributed by atoms with Crippen molar-refractivity contribution in [3.8, 4) is 11.3 Å². The van der Waals surface area contributed by atoms with Gasteiger partial charge in [-0.2, -0.15) is 5.10 Å². The van der Waals surface area contributed by atoms with Gasteiger partial charge in [-0.05, 0) is 30.2 Å². The first-order chi connectivity index (χ1) is 8.74. The number of nitrogens with two attached hydrogens (primary N) is 1. The number of benzene rings is 1. The highest BCUT2D eigenvalue weighted by molar-refractivity contribution is 5.60. The van der Waals surface area contributed by atoms with Crippen molar-refractivity contribution in [1.29, 1.82) is 0 Å². The minimum absolute atomic E-state index is 0.645. The maximum absolute atomic E-state index is 5.56. The molecule has 2 aromatic rings. The number of hydrogen-bond donors (Lipinski definition) is 1. The van der Waals surface area contributed by atoms with E-state index in [1.54, 1.807) is 0 Å². The summed E-state index contributed by atoms with van der Waals surface area (Å²) in [5.74, 6) is 0. The molecular formula is C15H21N3. The van der Waals surface area contributed by atoms with Crippen LogP contribution in [-0.2, 0) is 19.9 Å². The Morgan fingerprint density at radius 3 is 2.50 bits per heavy atom. The van der Waals surface area contributed by atoms with Crippen LogP contribution in [0.5, 0.6) is 0 Å². The van der Waals surface area contributed by atoms with Crippen molar-refractivity contribution in [2.45, 2.75) is 26.2 Å². The Bertz CT molecular complexity index is 497. The number of hydrogen-bond acceptors (Lipinski definition) is 2. The van der Waals surface area contributed by atoms with Crippen LogP contribution in [0.3, 0.4) is 0 Å². The molecule has 18 heavy (non-hydrogen) atoms. The summed E-state index contributed by atoms with van der Waals surface area (Å²) < 4.78 is 1.93. The third kappa shape index (κ3) is 2.79. The van der Waals surface area contributed by atoms with Gasteiger partial charge < -0.3 is 5.73 Å². The second-order valence-corrected chi connectivity index (χ2v) is 4.63. The van der Waals surface area contributed by atoms with Gasteiger partial charge in [0.15, 0.2) is 0 Å². The molecule has 2 rings (SSSR count). The van der Waals surface area contributed by atoms with Crippen LogP contribution in [0.15, 0.2) is 30.3 Å². The molecule has 0 radical (unpaired) electrons. The molecular weight excluding hydrogens is 222 g/mol. The molecule has 0 aliphatic carbocycles. The Balaban J connectivity index is 2.24. The Labute approximate surface area is 109 Å². The molecule has 96 valence electrons. The lowest BCUT2D eigenvalue weighted by Crippen LogP contribution is -2.03.